The molecular weight excluding hydrogens is 552 g/mol. The lowest BCUT2D eigenvalue weighted by Gasteiger charge is -2.28. The molecule has 2 aromatic rings. The van der Waals surface area contributed by atoms with E-state index in [2.05, 4.69) is 15.2 Å². The minimum absolute atomic E-state index is 0.250. The van der Waals surface area contributed by atoms with Crippen LogP contribution in [0.3, 0.4) is 0 Å². The van der Waals surface area contributed by atoms with E-state index < -0.39 is 108 Å². The molecule has 216 valence electrons. The Morgan fingerprint density at radius 2 is 1.69 bits per heavy atom. The van der Waals surface area contributed by atoms with E-state index in [1.807, 2.05) is 5.32 Å². The summed E-state index contributed by atoms with van der Waals surface area (Å²) in [6, 6.07) is 0.250. The molecule has 1 atom stereocenters. The van der Waals surface area contributed by atoms with E-state index >= 15 is 0 Å². The third-order valence-corrected chi connectivity index (χ3v) is 5.48. The van der Waals surface area contributed by atoms with E-state index in [1.54, 1.807) is 0 Å². The highest BCUT2D eigenvalue weighted by atomic mass is 19.4. The van der Waals surface area contributed by atoms with Crippen molar-refractivity contribution in [2.45, 2.75) is 82.4 Å². The molecule has 2 N–H and O–H groups in total. The van der Waals surface area contributed by atoms with Crippen LogP contribution in [0.1, 0.15) is 74.8 Å². The number of ketones is 1. The number of anilines is 1. The van der Waals surface area contributed by atoms with Crippen LogP contribution >= 0.6 is 0 Å². The van der Waals surface area contributed by atoms with Gasteiger partial charge in [0, 0.05) is 19.3 Å². The maximum absolute atomic E-state index is 14.3. The molecule has 0 spiro atoms. The topological polar surface area (TPSA) is 127 Å². The lowest BCUT2D eigenvalue weighted by molar-refractivity contribution is -0.280. The van der Waals surface area contributed by atoms with Gasteiger partial charge in [-0.15, -0.1) is 10.2 Å². The lowest BCUT2D eigenvalue weighted by atomic mass is 9.92. The molecule has 0 aromatic carbocycles. The molecule has 1 aliphatic rings. The molecule has 1 unspecified atom stereocenters. The molecule has 3 rings (SSSR count). The number of alkyl halides is 8. The average Bonchev–Trinajstić information content (AvgIpc) is 3.24. The zero-order valence-corrected chi connectivity index (χ0v) is 20.6. The van der Waals surface area contributed by atoms with Crippen molar-refractivity contribution in [2.75, 3.05) is 5.32 Å². The van der Waals surface area contributed by atoms with Crippen molar-refractivity contribution in [3.8, 4) is 11.6 Å². The third kappa shape index (κ3) is 6.80. The Balaban J connectivity index is 2.28. The molecule has 17 heteroatoms. The zero-order chi connectivity index (χ0) is 29.6. The largest absolute Gasteiger partial charge is 0.444 e. The number of Topliss-reactive ketones (excluding diaryl/α,β-unsaturated/α-hetero) is 1. The van der Waals surface area contributed by atoms with Crippen molar-refractivity contribution in [3.63, 3.8) is 0 Å². The lowest BCUT2D eigenvalue weighted by Crippen LogP contribution is -2.43. The maximum atomic E-state index is 14.3. The second kappa shape index (κ2) is 9.98. The van der Waals surface area contributed by atoms with Crippen LogP contribution in [0.15, 0.2) is 10.5 Å². The van der Waals surface area contributed by atoms with Gasteiger partial charge in [-0.1, -0.05) is 0 Å². The number of hydrogen-bond acceptors (Lipinski definition) is 8. The fourth-order valence-electron chi connectivity index (χ4n) is 3.58. The number of hydrogen-bond donors (Lipinski definition) is 2. The number of aromatic nitrogens is 3. The van der Waals surface area contributed by atoms with E-state index in [0.29, 0.717) is 0 Å². The first-order valence-corrected chi connectivity index (χ1v) is 11.3. The smallest absolute Gasteiger partial charge is 0.426 e. The van der Waals surface area contributed by atoms with Crippen molar-refractivity contribution < 1.29 is 59.0 Å². The molecule has 0 fully saturated rings. The summed E-state index contributed by atoms with van der Waals surface area (Å²) in [6.45, 7) is 4.30. The predicted molar refractivity (Wildman–Crippen MR) is 115 cm³/mol. The molecule has 0 saturated carbocycles. The standard InChI is InChI=1S/C22H22F8N4O5/c1-18(2,3)39-17(36)31-11-9-10(21(25,26)27)13-12(35)5-4-6-19(23,24)7-8-20(37,22(28,29)30)16-34-33-15(38-16)14(11)32-13/h9,37H,4-8H2,1-3H3,(H,31,36). The summed E-state index contributed by atoms with van der Waals surface area (Å²) in [5.41, 5.74) is -9.84. The third-order valence-electron chi connectivity index (χ3n) is 5.48. The molecule has 0 radical (unpaired) electrons. The van der Waals surface area contributed by atoms with Gasteiger partial charge >= 0.3 is 18.4 Å². The van der Waals surface area contributed by atoms with E-state index in [1.165, 1.54) is 20.8 Å². The van der Waals surface area contributed by atoms with Gasteiger partial charge in [0.1, 0.15) is 11.3 Å². The number of amides is 1. The van der Waals surface area contributed by atoms with Gasteiger partial charge in [0.15, 0.2) is 11.5 Å². The van der Waals surface area contributed by atoms with Crippen LogP contribution in [0.4, 0.5) is 45.6 Å². The number of nitrogens with one attached hydrogen (secondary N) is 1. The van der Waals surface area contributed by atoms with Crippen LogP contribution in [0, 0.1) is 0 Å². The monoisotopic (exact) mass is 574 g/mol. The second-order valence-electron chi connectivity index (χ2n) is 9.81. The Kier molecular flexibility index (Phi) is 7.73. The molecule has 0 saturated heterocycles. The number of ether oxygens (including phenoxy) is 1. The van der Waals surface area contributed by atoms with Gasteiger partial charge in [0.05, 0.1) is 11.3 Å². The first-order valence-electron chi connectivity index (χ1n) is 11.3. The molecule has 1 amide bonds. The van der Waals surface area contributed by atoms with Gasteiger partial charge in [0.25, 0.3) is 11.8 Å². The number of carbonyl (C=O) groups is 2. The quantitative estimate of drug-likeness (QED) is 0.396. The second-order valence-corrected chi connectivity index (χ2v) is 9.81. The predicted octanol–water partition coefficient (Wildman–Crippen LogP) is 6.03. The number of fused-ring (bicyclic) bond motifs is 5. The number of nitrogens with zero attached hydrogens (tertiary/aromatic N) is 3. The Hall–Kier alpha value is -3.37. The van der Waals surface area contributed by atoms with Crippen LogP contribution in [0.25, 0.3) is 11.6 Å². The molecule has 4 bridgehead atoms. The van der Waals surface area contributed by atoms with Gasteiger partial charge in [0.2, 0.25) is 11.5 Å². The van der Waals surface area contributed by atoms with Crippen molar-refractivity contribution in [1.82, 2.24) is 15.2 Å². The highest BCUT2D eigenvalue weighted by Gasteiger charge is 2.59. The molecule has 9 nitrogen and oxygen atoms in total. The summed E-state index contributed by atoms with van der Waals surface area (Å²) in [5.74, 6) is -7.80. The van der Waals surface area contributed by atoms with E-state index in [4.69, 9.17) is 9.15 Å². The summed E-state index contributed by atoms with van der Waals surface area (Å²) in [4.78, 5) is 28.5. The molecule has 0 aliphatic carbocycles. The fraction of sp³-hybridized carbons (Fsp3) is 0.591. The molecule has 39 heavy (non-hydrogen) atoms. The highest BCUT2D eigenvalue weighted by Crippen LogP contribution is 2.45. The summed E-state index contributed by atoms with van der Waals surface area (Å²) in [7, 11) is 0. The minimum Gasteiger partial charge on any atom is -0.444 e. The Morgan fingerprint density at radius 1 is 1.05 bits per heavy atom. The summed E-state index contributed by atoms with van der Waals surface area (Å²) >= 11 is 0. The molecular formula is C22H22F8N4O5. The number of pyridine rings is 1. The van der Waals surface area contributed by atoms with E-state index in [0.717, 1.165) is 0 Å². The average molecular weight is 574 g/mol. The fourth-order valence-corrected chi connectivity index (χ4v) is 3.58. The number of carbonyl (C=O) groups excluding carboxylic acids is 2. The van der Waals surface area contributed by atoms with Crippen LogP contribution in [0.2, 0.25) is 0 Å². The summed E-state index contributed by atoms with van der Waals surface area (Å²) in [6.07, 6.45) is -18.0. The van der Waals surface area contributed by atoms with Crippen molar-refractivity contribution in [3.05, 3.63) is 23.2 Å². The van der Waals surface area contributed by atoms with Gasteiger partial charge in [-0.05, 0) is 39.7 Å². The maximum Gasteiger partial charge on any atom is 0.426 e. The van der Waals surface area contributed by atoms with Gasteiger partial charge in [-0.2, -0.15) is 26.3 Å². The van der Waals surface area contributed by atoms with Crippen LogP contribution in [-0.2, 0) is 16.5 Å². The van der Waals surface area contributed by atoms with Gasteiger partial charge in [-0.3, -0.25) is 10.1 Å². The summed E-state index contributed by atoms with van der Waals surface area (Å²) in [5, 5.41) is 18.7. The van der Waals surface area contributed by atoms with Crippen LogP contribution in [-0.4, -0.2) is 49.9 Å². The Morgan fingerprint density at radius 3 is 2.26 bits per heavy atom. The van der Waals surface area contributed by atoms with Gasteiger partial charge in [-0.25, -0.2) is 18.6 Å². The van der Waals surface area contributed by atoms with Crippen molar-refractivity contribution in [2.24, 2.45) is 0 Å². The first-order chi connectivity index (χ1) is 17.6. The number of halogens is 8. The summed E-state index contributed by atoms with van der Waals surface area (Å²) < 4.78 is 122. The molecule has 3 heterocycles. The van der Waals surface area contributed by atoms with Crippen LogP contribution < -0.4 is 5.32 Å². The Labute approximate surface area is 214 Å². The van der Waals surface area contributed by atoms with Gasteiger partial charge < -0.3 is 14.3 Å². The first kappa shape index (κ1) is 30.2. The van der Waals surface area contributed by atoms with Crippen LogP contribution in [0.5, 0.6) is 0 Å². The number of rotatable bonds is 1. The number of aliphatic hydroxyl groups is 1. The van der Waals surface area contributed by atoms with Crippen molar-refractivity contribution >= 4 is 17.6 Å². The molecule has 2 aromatic heterocycles. The molecule has 1 aliphatic heterocycles. The van der Waals surface area contributed by atoms with E-state index in [-0.39, 0.29) is 6.07 Å². The normalized spacial score (nSPS) is 20.8. The minimum atomic E-state index is -5.59. The van der Waals surface area contributed by atoms with E-state index in [9.17, 15) is 49.8 Å². The zero-order valence-electron chi connectivity index (χ0n) is 20.6. The Bertz CT molecular complexity index is 1250. The van der Waals surface area contributed by atoms with Crippen molar-refractivity contribution in [1.29, 1.82) is 0 Å². The highest BCUT2D eigenvalue weighted by molar-refractivity contribution is 5.98. The SMILES string of the molecule is CC(C)(C)OC(=O)Nc1cc(C(F)(F)F)c2nc1-c1nnc(o1)C(O)(C(F)(F)F)CCC(F)(F)CCCC2=O.